The van der Waals surface area contributed by atoms with Crippen LogP contribution in [0.4, 0.5) is 0 Å². The highest BCUT2D eigenvalue weighted by molar-refractivity contribution is 7.16. The van der Waals surface area contributed by atoms with Crippen LogP contribution in [0, 0.1) is 0 Å². The van der Waals surface area contributed by atoms with Crippen LogP contribution >= 0.6 is 22.9 Å². The van der Waals surface area contributed by atoms with Gasteiger partial charge in [-0.3, -0.25) is 4.79 Å². The molecule has 2 nitrogen and oxygen atoms in total. The molecule has 88 valence electrons. The Kier molecular flexibility index (Phi) is 3.82. The van der Waals surface area contributed by atoms with E-state index >= 15 is 0 Å². The zero-order chi connectivity index (χ0) is 12.3. The fourth-order valence-corrected chi connectivity index (χ4v) is 2.66. The van der Waals surface area contributed by atoms with E-state index in [9.17, 15) is 4.79 Å². The Hall–Kier alpha value is -1.32. The lowest BCUT2D eigenvalue weighted by molar-refractivity contribution is 0.0991. The number of thiophene rings is 1. The van der Waals surface area contributed by atoms with Crippen LogP contribution in [-0.4, -0.2) is 12.9 Å². The number of carbonyl (C=O) groups excluding carboxylic acids is 1. The maximum absolute atomic E-state index is 12.1. The third kappa shape index (κ3) is 2.87. The third-order valence-corrected chi connectivity index (χ3v) is 3.60. The van der Waals surface area contributed by atoms with E-state index in [1.807, 2.05) is 18.2 Å². The number of hydrogen-bond acceptors (Lipinski definition) is 3. The fraction of sp³-hybridized carbons (Fsp3) is 0.154. The van der Waals surface area contributed by atoms with Gasteiger partial charge in [-0.25, -0.2) is 0 Å². The van der Waals surface area contributed by atoms with Gasteiger partial charge in [-0.05, 0) is 24.3 Å². The van der Waals surface area contributed by atoms with Crippen LogP contribution in [0.3, 0.4) is 0 Å². The Labute approximate surface area is 109 Å². The third-order valence-electron chi connectivity index (χ3n) is 2.37. The van der Waals surface area contributed by atoms with Gasteiger partial charge in [-0.1, -0.05) is 23.7 Å². The second-order valence-corrected chi connectivity index (χ2v) is 5.31. The van der Waals surface area contributed by atoms with Crippen molar-refractivity contribution in [3.8, 4) is 5.75 Å². The molecule has 0 unspecified atom stereocenters. The first-order chi connectivity index (χ1) is 8.20. The molecule has 0 N–H and O–H groups in total. The minimum absolute atomic E-state index is 0.0426. The standard InChI is InChI=1S/C13H11ClO2S/c1-16-12-5-3-2-4-10(12)11(15)8-9-6-7-13(14)17-9/h2-7H,8H2,1H3. The van der Waals surface area contributed by atoms with E-state index in [1.165, 1.54) is 11.3 Å². The number of carbonyl (C=O) groups is 1. The Balaban J connectivity index is 2.20. The first-order valence-corrected chi connectivity index (χ1v) is 6.30. The average molecular weight is 267 g/mol. The van der Waals surface area contributed by atoms with Gasteiger partial charge in [-0.2, -0.15) is 0 Å². The van der Waals surface area contributed by atoms with Gasteiger partial charge in [0.25, 0.3) is 0 Å². The SMILES string of the molecule is COc1ccccc1C(=O)Cc1ccc(Cl)s1. The van der Waals surface area contributed by atoms with Gasteiger partial charge in [0.1, 0.15) is 5.75 Å². The number of ketones is 1. The molecule has 2 aromatic rings. The van der Waals surface area contributed by atoms with E-state index < -0.39 is 0 Å². The number of hydrogen-bond donors (Lipinski definition) is 0. The van der Waals surface area contributed by atoms with E-state index in [0.29, 0.717) is 22.1 Å². The topological polar surface area (TPSA) is 26.3 Å². The molecule has 0 saturated carbocycles. The minimum Gasteiger partial charge on any atom is -0.496 e. The molecule has 0 bridgehead atoms. The van der Waals surface area contributed by atoms with E-state index in [1.54, 1.807) is 25.3 Å². The summed E-state index contributed by atoms with van der Waals surface area (Å²) in [4.78, 5) is 13.1. The number of halogens is 1. The summed E-state index contributed by atoms with van der Waals surface area (Å²) < 4.78 is 5.87. The smallest absolute Gasteiger partial charge is 0.171 e. The van der Waals surface area contributed by atoms with Crippen molar-refractivity contribution >= 4 is 28.7 Å². The molecule has 0 amide bonds. The highest BCUT2D eigenvalue weighted by atomic mass is 35.5. The quantitative estimate of drug-likeness (QED) is 0.786. The predicted octanol–water partition coefficient (Wildman–Crippen LogP) is 3.84. The normalized spacial score (nSPS) is 10.2. The molecule has 2 rings (SSSR count). The molecule has 0 saturated heterocycles. The van der Waals surface area contributed by atoms with Crippen LogP contribution < -0.4 is 4.74 Å². The first-order valence-electron chi connectivity index (χ1n) is 5.11. The van der Waals surface area contributed by atoms with Crippen molar-refractivity contribution in [1.82, 2.24) is 0 Å². The van der Waals surface area contributed by atoms with E-state index in [2.05, 4.69) is 0 Å². The maximum Gasteiger partial charge on any atom is 0.171 e. The van der Waals surface area contributed by atoms with Crippen LogP contribution in [-0.2, 0) is 6.42 Å². The predicted molar refractivity (Wildman–Crippen MR) is 70.4 cm³/mol. The number of ether oxygens (including phenoxy) is 1. The molecule has 0 atom stereocenters. The number of rotatable bonds is 4. The highest BCUT2D eigenvalue weighted by Gasteiger charge is 2.13. The fourth-order valence-electron chi connectivity index (χ4n) is 1.58. The number of benzene rings is 1. The molecule has 1 aromatic carbocycles. The number of Topliss-reactive ketones (excluding diaryl/α,β-unsaturated/α-hetero) is 1. The van der Waals surface area contributed by atoms with Crippen molar-refractivity contribution in [3.05, 3.63) is 51.2 Å². The average Bonchev–Trinajstić information content (AvgIpc) is 2.74. The highest BCUT2D eigenvalue weighted by Crippen LogP contribution is 2.25. The Morgan fingerprint density at radius 2 is 2.06 bits per heavy atom. The van der Waals surface area contributed by atoms with Gasteiger partial charge in [0.2, 0.25) is 0 Å². The van der Waals surface area contributed by atoms with Crippen LogP contribution in [0.15, 0.2) is 36.4 Å². The van der Waals surface area contributed by atoms with Crippen molar-refractivity contribution < 1.29 is 9.53 Å². The molecule has 1 heterocycles. The largest absolute Gasteiger partial charge is 0.496 e. The van der Waals surface area contributed by atoms with Crippen molar-refractivity contribution in [2.24, 2.45) is 0 Å². The Morgan fingerprint density at radius 3 is 2.71 bits per heavy atom. The summed E-state index contributed by atoms with van der Waals surface area (Å²) in [6.45, 7) is 0. The monoisotopic (exact) mass is 266 g/mol. The summed E-state index contributed by atoms with van der Waals surface area (Å²) in [5, 5.41) is 0. The Bertz CT molecular complexity index is 534. The molecule has 0 spiro atoms. The zero-order valence-electron chi connectivity index (χ0n) is 9.27. The molecule has 17 heavy (non-hydrogen) atoms. The van der Waals surface area contributed by atoms with Crippen molar-refractivity contribution in [2.75, 3.05) is 7.11 Å². The van der Waals surface area contributed by atoms with Crippen molar-refractivity contribution in [2.45, 2.75) is 6.42 Å². The van der Waals surface area contributed by atoms with Gasteiger partial charge in [0.05, 0.1) is 17.0 Å². The first kappa shape index (κ1) is 12.1. The van der Waals surface area contributed by atoms with Gasteiger partial charge in [0, 0.05) is 11.3 Å². The molecular formula is C13H11ClO2S. The molecular weight excluding hydrogens is 256 g/mol. The summed E-state index contributed by atoms with van der Waals surface area (Å²) in [7, 11) is 1.56. The summed E-state index contributed by atoms with van der Waals surface area (Å²) >= 11 is 7.26. The second-order valence-electron chi connectivity index (χ2n) is 3.51. The lowest BCUT2D eigenvalue weighted by Gasteiger charge is -2.06. The van der Waals surface area contributed by atoms with Crippen molar-refractivity contribution in [1.29, 1.82) is 0 Å². The molecule has 1 aromatic heterocycles. The molecule has 4 heteroatoms. The van der Waals surface area contributed by atoms with Crippen LogP contribution in [0.25, 0.3) is 0 Å². The Morgan fingerprint density at radius 1 is 1.29 bits per heavy atom. The number of methoxy groups -OCH3 is 1. The van der Waals surface area contributed by atoms with Gasteiger partial charge >= 0.3 is 0 Å². The van der Waals surface area contributed by atoms with E-state index in [0.717, 1.165) is 4.88 Å². The van der Waals surface area contributed by atoms with Crippen molar-refractivity contribution in [3.63, 3.8) is 0 Å². The lowest BCUT2D eigenvalue weighted by Crippen LogP contribution is -2.04. The number of para-hydroxylation sites is 1. The van der Waals surface area contributed by atoms with Crippen LogP contribution in [0.2, 0.25) is 4.34 Å². The van der Waals surface area contributed by atoms with Gasteiger partial charge in [0.15, 0.2) is 5.78 Å². The minimum atomic E-state index is 0.0426. The van der Waals surface area contributed by atoms with Gasteiger partial charge < -0.3 is 4.74 Å². The van der Waals surface area contributed by atoms with Crippen LogP contribution in [0.5, 0.6) is 5.75 Å². The summed E-state index contributed by atoms with van der Waals surface area (Å²) in [6.07, 6.45) is 0.359. The lowest BCUT2D eigenvalue weighted by atomic mass is 10.1. The van der Waals surface area contributed by atoms with E-state index in [-0.39, 0.29) is 5.78 Å². The molecule has 0 aliphatic heterocycles. The van der Waals surface area contributed by atoms with Crippen LogP contribution in [0.1, 0.15) is 15.2 Å². The molecule has 0 radical (unpaired) electrons. The summed E-state index contributed by atoms with van der Waals surface area (Å²) in [6, 6.07) is 10.9. The zero-order valence-corrected chi connectivity index (χ0v) is 10.8. The van der Waals surface area contributed by atoms with Gasteiger partial charge in [-0.15, -0.1) is 11.3 Å². The van der Waals surface area contributed by atoms with E-state index in [4.69, 9.17) is 16.3 Å². The molecule has 0 aliphatic carbocycles. The summed E-state index contributed by atoms with van der Waals surface area (Å²) in [5.41, 5.74) is 0.611. The maximum atomic E-state index is 12.1. The summed E-state index contributed by atoms with van der Waals surface area (Å²) in [5.74, 6) is 0.654. The molecule has 0 aliphatic rings. The molecule has 0 fully saturated rings. The second kappa shape index (κ2) is 5.34.